The van der Waals surface area contributed by atoms with Crippen LogP contribution in [0.1, 0.15) is 23.0 Å². The van der Waals surface area contributed by atoms with Gasteiger partial charge >= 0.3 is 6.61 Å². The van der Waals surface area contributed by atoms with Crippen molar-refractivity contribution in [1.82, 2.24) is 10.1 Å². The highest BCUT2D eigenvalue weighted by Gasteiger charge is 2.21. The van der Waals surface area contributed by atoms with Crippen molar-refractivity contribution in [3.8, 4) is 34.3 Å². The number of benzene rings is 2. The first-order chi connectivity index (χ1) is 15.9. The summed E-state index contributed by atoms with van der Waals surface area (Å²) in [6.45, 7) is -0.788. The van der Waals surface area contributed by atoms with Gasteiger partial charge < -0.3 is 28.4 Å². The molecule has 2 aromatic carbocycles. The van der Waals surface area contributed by atoms with Gasteiger partial charge in [-0.25, -0.2) is 0 Å². The zero-order valence-corrected chi connectivity index (χ0v) is 18.6. The second-order valence-corrected chi connectivity index (χ2v) is 6.90. The molecule has 0 radical (unpaired) electrons. The van der Waals surface area contributed by atoms with Crippen LogP contribution in [0.25, 0.3) is 11.3 Å². The molecule has 0 N–H and O–H groups in total. The van der Waals surface area contributed by atoms with Crippen molar-refractivity contribution in [2.75, 3.05) is 27.9 Å². The van der Waals surface area contributed by atoms with Crippen LogP contribution in [0.4, 0.5) is 8.78 Å². The van der Waals surface area contributed by atoms with Crippen molar-refractivity contribution in [1.29, 1.82) is 0 Å². The predicted octanol–water partition coefficient (Wildman–Crippen LogP) is 4.63. The standard InChI is InChI=1S/C23H24F2N2O6/c1-5-31-21-10-14(6-8-19(21)32-23(24)25)13-27(2)22(28)17-12-20(33-26-17)16-11-15(29-3)7-9-18(16)30-4/h6-12,23H,5,13H2,1-4H3. The van der Waals surface area contributed by atoms with E-state index in [0.717, 1.165) is 0 Å². The molecule has 0 fully saturated rings. The van der Waals surface area contributed by atoms with E-state index in [0.29, 0.717) is 28.4 Å². The zero-order valence-electron chi connectivity index (χ0n) is 18.6. The number of alkyl halides is 2. The SMILES string of the molecule is CCOc1cc(CN(C)C(=O)c2cc(-c3cc(OC)ccc3OC)on2)ccc1OC(F)F. The number of aromatic nitrogens is 1. The fourth-order valence-corrected chi connectivity index (χ4v) is 3.16. The Balaban J connectivity index is 1.78. The van der Waals surface area contributed by atoms with Crippen molar-refractivity contribution in [2.45, 2.75) is 20.1 Å². The maximum Gasteiger partial charge on any atom is 0.387 e. The molecule has 3 rings (SSSR count). The number of rotatable bonds is 10. The quantitative estimate of drug-likeness (QED) is 0.434. The molecule has 33 heavy (non-hydrogen) atoms. The van der Waals surface area contributed by atoms with Crippen molar-refractivity contribution >= 4 is 5.91 Å². The molecule has 10 heteroatoms. The average Bonchev–Trinajstić information content (AvgIpc) is 3.29. The Morgan fingerprint density at radius 1 is 1.06 bits per heavy atom. The van der Waals surface area contributed by atoms with Gasteiger partial charge in [0, 0.05) is 19.7 Å². The summed E-state index contributed by atoms with van der Waals surface area (Å²) in [5, 5.41) is 3.89. The molecule has 0 unspecified atom stereocenters. The van der Waals surface area contributed by atoms with Crippen molar-refractivity contribution < 1.29 is 37.0 Å². The molecule has 0 saturated heterocycles. The van der Waals surface area contributed by atoms with E-state index in [9.17, 15) is 13.6 Å². The highest BCUT2D eigenvalue weighted by molar-refractivity contribution is 5.93. The Hall–Kier alpha value is -3.82. The first kappa shape index (κ1) is 23.8. The van der Waals surface area contributed by atoms with E-state index in [1.807, 2.05) is 0 Å². The first-order valence-corrected chi connectivity index (χ1v) is 10.0. The molecule has 0 aliphatic rings. The summed E-state index contributed by atoms with van der Waals surface area (Å²) in [4.78, 5) is 14.3. The number of nitrogens with zero attached hydrogens (tertiary/aromatic N) is 2. The Morgan fingerprint density at radius 2 is 1.82 bits per heavy atom. The van der Waals surface area contributed by atoms with Crippen LogP contribution < -0.4 is 18.9 Å². The topological polar surface area (TPSA) is 83.3 Å². The van der Waals surface area contributed by atoms with Gasteiger partial charge in [-0.3, -0.25) is 4.79 Å². The molecule has 0 atom stereocenters. The summed E-state index contributed by atoms with van der Waals surface area (Å²) >= 11 is 0. The fourth-order valence-electron chi connectivity index (χ4n) is 3.16. The van der Waals surface area contributed by atoms with Gasteiger partial charge in [0.25, 0.3) is 5.91 Å². The zero-order chi connectivity index (χ0) is 24.0. The second-order valence-electron chi connectivity index (χ2n) is 6.90. The van der Waals surface area contributed by atoms with Gasteiger partial charge in [-0.05, 0) is 42.8 Å². The molecular formula is C23H24F2N2O6. The summed E-state index contributed by atoms with van der Waals surface area (Å²) < 4.78 is 51.0. The summed E-state index contributed by atoms with van der Waals surface area (Å²) in [5.41, 5.74) is 1.34. The lowest BCUT2D eigenvalue weighted by molar-refractivity contribution is -0.0514. The number of carbonyl (C=O) groups is 1. The van der Waals surface area contributed by atoms with Gasteiger partial charge in [-0.1, -0.05) is 11.2 Å². The molecule has 8 nitrogen and oxygen atoms in total. The lowest BCUT2D eigenvalue weighted by Gasteiger charge is -2.17. The van der Waals surface area contributed by atoms with Crippen LogP contribution in [-0.2, 0) is 6.54 Å². The average molecular weight is 462 g/mol. The minimum Gasteiger partial charge on any atom is -0.497 e. The Labute approximate surface area is 189 Å². The molecule has 0 saturated carbocycles. The molecule has 1 heterocycles. The van der Waals surface area contributed by atoms with Gasteiger partial charge in [0.2, 0.25) is 0 Å². The number of halogens is 2. The van der Waals surface area contributed by atoms with E-state index < -0.39 is 12.5 Å². The number of hydrogen-bond donors (Lipinski definition) is 0. The fraction of sp³-hybridized carbons (Fsp3) is 0.304. The maximum atomic E-state index is 12.9. The third-order valence-corrected chi connectivity index (χ3v) is 4.69. The second kappa shape index (κ2) is 10.7. The maximum absolute atomic E-state index is 12.9. The highest BCUT2D eigenvalue weighted by Crippen LogP contribution is 2.34. The summed E-state index contributed by atoms with van der Waals surface area (Å²) in [6.07, 6.45) is 0. The van der Waals surface area contributed by atoms with E-state index in [4.69, 9.17) is 18.7 Å². The van der Waals surface area contributed by atoms with Gasteiger partial charge in [-0.2, -0.15) is 8.78 Å². The van der Waals surface area contributed by atoms with E-state index in [-0.39, 0.29) is 30.3 Å². The van der Waals surface area contributed by atoms with Crippen LogP contribution in [0.2, 0.25) is 0 Å². The Morgan fingerprint density at radius 3 is 2.48 bits per heavy atom. The van der Waals surface area contributed by atoms with Crippen LogP contribution in [-0.4, -0.2) is 50.4 Å². The van der Waals surface area contributed by atoms with E-state index in [1.54, 1.807) is 51.4 Å². The largest absolute Gasteiger partial charge is 0.497 e. The summed E-state index contributed by atoms with van der Waals surface area (Å²) in [7, 11) is 4.65. The lowest BCUT2D eigenvalue weighted by atomic mass is 10.1. The number of amides is 1. The molecule has 3 aromatic rings. The number of carbonyl (C=O) groups excluding carboxylic acids is 1. The monoisotopic (exact) mass is 462 g/mol. The van der Waals surface area contributed by atoms with E-state index in [2.05, 4.69) is 9.89 Å². The van der Waals surface area contributed by atoms with Gasteiger partial charge in [-0.15, -0.1) is 0 Å². The third-order valence-electron chi connectivity index (χ3n) is 4.69. The van der Waals surface area contributed by atoms with E-state index >= 15 is 0 Å². The molecule has 0 bridgehead atoms. The molecule has 0 aliphatic carbocycles. The minimum absolute atomic E-state index is 0.0713. The van der Waals surface area contributed by atoms with Crippen molar-refractivity contribution in [3.05, 3.63) is 53.7 Å². The van der Waals surface area contributed by atoms with Crippen LogP contribution in [0.15, 0.2) is 47.0 Å². The highest BCUT2D eigenvalue weighted by atomic mass is 19.3. The summed E-state index contributed by atoms with van der Waals surface area (Å²) in [5.74, 6) is 1.18. The molecule has 1 aromatic heterocycles. The minimum atomic E-state index is -2.97. The molecule has 0 aliphatic heterocycles. The van der Waals surface area contributed by atoms with Crippen molar-refractivity contribution in [2.24, 2.45) is 0 Å². The number of ether oxygens (including phenoxy) is 4. The normalized spacial score (nSPS) is 10.8. The van der Waals surface area contributed by atoms with E-state index in [1.165, 1.54) is 24.1 Å². The Bertz CT molecular complexity index is 1100. The van der Waals surface area contributed by atoms with Crippen LogP contribution in [0.3, 0.4) is 0 Å². The number of methoxy groups -OCH3 is 2. The summed E-state index contributed by atoms with van der Waals surface area (Å²) in [6, 6.07) is 11.2. The molecular weight excluding hydrogens is 438 g/mol. The van der Waals surface area contributed by atoms with Gasteiger partial charge in [0.05, 0.1) is 26.4 Å². The molecule has 0 spiro atoms. The Kier molecular flexibility index (Phi) is 7.70. The van der Waals surface area contributed by atoms with Gasteiger partial charge in [0.15, 0.2) is 23.0 Å². The molecule has 1 amide bonds. The first-order valence-electron chi connectivity index (χ1n) is 10.0. The lowest BCUT2D eigenvalue weighted by Crippen LogP contribution is -2.26. The van der Waals surface area contributed by atoms with Crippen LogP contribution >= 0.6 is 0 Å². The van der Waals surface area contributed by atoms with Gasteiger partial charge in [0.1, 0.15) is 11.5 Å². The van der Waals surface area contributed by atoms with Crippen molar-refractivity contribution in [3.63, 3.8) is 0 Å². The predicted molar refractivity (Wildman–Crippen MR) is 115 cm³/mol. The van der Waals surface area contributed by atoms with Crippen LogP contribution in [0.5, 0.6) is 23.0 Å². The molecule has 176 valence electrons. The number of hydrogen-bond acceptors (Lipinski definition) is 7. The van der Waals surface area contributed by atoms with Crippen LogP contribution in [0, 0.1) is 0 Å². The smallest absolute Gasteiger partial charge is 0.387 e. The third kappa shape index (κ3) is 5.71.